The molecule has 0 spiro atoms. The molecular weight excluding hydrogens is 224 g/mol. The van der Waals surface area contributed by atoms with Gasteiger partial charge in [-0.2, -0.15) is 5.10 Å². The zero-order chi connectivity index (χ0) is 12.3. The molecule has 17 heavy (non-hydrogen) atoms. The van der Waals surface area contributed by atoms with Crippen LogP contribution in [0, 0.1) is 0 Å². The van der Waals surface area contributed by atoms with Crippen LogP contribution < -0.4 is 4.74 Å². The number of aromatic nitrogens is 2. The molecule has 0 bridgehead atoms. The molecule has 0 aliphatic carbocycles. The predicted molar refractivity (Wildman–Crippen MR) is 56.9 cm³/mol. The third kappa shape index (κ3) is 2.49. The second kappa shape index (κ2) is 4.48. The van der Waals surface area contributed by atoms with Gasteiger partial charge in [-0.05, 0) is 12.1 Å². The molecule has 0 saturated carbocycles. The van der Waals surface area contributed by atoms with E-state index in [1.54, 1.807) is 30.3 Å². The lowest BCUT2D eigenvalue weighted by Crippen LogP contribution is -2.08. The number of carbonyl (C=O) groups is 2. The zero-order valence-electron chi connectivity index (χ0n) is 8.58. The highest BCUT2D eigenvalue weighted by molar-refractivity contribution is 5.93. The Balaban J connectivity index is 2.12. The van der Waals surface area contributed by atoms with Crippen molar-refractivity contribution < 1.29 is 19.4 Å². The van der Waals surface area contributed by atoms with Crippen LogP contribution in [0.3, 0.4) is 0 Å². The van der Waals surface area contributed by atoms with E-state index < -0.39 is 11.9 Å². The monoisotopic (exact) mass is 232 g/mol. The van der Waals surface area contributed by atoms with Crippen LogP contribution in [0.15, 0.2) is 36.4 Å². The Morgan fingerprint density at radius 3 is 2.53 bits per heavy atom. The molecule has 0 aliphatic rings. The SMILES string of the molecule is O=C(O)c1cc(C(=O)Oc2ccccc2)[nH]n1. The standard InChI is InChI=1S/C11H8N2O4/c14-10(15)8-6-9(13-12-8)11(16)17-7-4-2-1-3-5-7/h1-6H,(H,12,13)(H,14,15). The Morgan fingerprint density at radius 1 is 1.24 bits per heavy atom. The summed E-state index contributed by atoms with van der Waals surface area (Å²) in [5.41, 5.74) is -0.240. The minimum absolute atomic E-state index is 0.00810. The van der Waals surface area contributed by atoms with Gasteiger partial charge in [0.1, 0.15) is 11.4 Å². The number of H-pyrrole nitrogens is 1. The van der Waals surface area contributed by atoms with E-state index in [4.69, 9.17) is 9.84 Å². The maximum Gasteiger partial charge on any atom is 0.361 e. The molecule has 1 aromatic heterocycles. The number of aromatic amines is 1. The Labute approximate surface area is 95.8 Å². The van der Waals surface area contributed by atoms with E-state index in [1.807, 2.05) is 0 Å². The molecule has 1 aromatic carbocycles. The van der Waals surface area contributed by atoms with Gasteiger partial charge in [0.05, 0.1) is 0 Å². The second-order valence-electron chi connectivity index (χ2n) is 3.17. The molecule has 2 aromatic rings. The quantitative estimate of drug-likeness (QED) is 0.615. The third-order valence-electron chi connectivity index (χ3n) is 1.97. The van der Waals surface area contributed by atoms with Crippen molar-refractivity contribution in [2.24, 2.45) is 0 Å². The van der Waals surface area contributed by atoms with E-state index in [1.165, 1.54) is 0 Å². The lowest BCUT2D eigenvalue weighted by Gasteiger charge is -2.00. The molecule has 2 rings (SSSR count). The van der Waals surface area contributed by atoms with Gasteiger partial charge >= 0.3 is 11.9 Å². The van der Waals surface area contributed by atoms with Crippen LogP contribution in [-0.4, -0.2) is 27.2 Å². The van der Waals surface area contributed by atoms with Crippen molar-refractivity contribution in [1.29, 1.82) is 0 Å². The van der Waals surface area contributed by atoms with Crippen LogP contribution in [0.2, 0.25) is 0 Å². The summed E-state index contributed by atoms with van der Waals surface area (Å²) in [6, 6.07) is 9.58. The molecule has 0 amide bonds. The molecule has 0 saturated heterocycles. The largest absolute Gasteiger partial charge is 0.476 e. The lowest BCUT2D eigenvalue weighted by atomic mass is 10.3. The van der Waals surface area contributed by atoms with Gasteiger partial charge in [-0.15, -0.1) is 0 Å². The maximum absolute atomic E-state index is 11.6. The van der Waals surface area contributed by atoms with Crippen LogP contribution in [0.1, 0.15) is 21.0 Å². The fourth-order valence-electron chi connectivity index (χ4n) is 1.19. The van der Waals surface area contributed by atoms with Crippen molar-refractivity contribution in [3.8, 4) is 5.75 Å². The van der Waals surface area contributed by atoms with Crippen molar-refractivity contribution in [1.82, 2.24) is 10.2 Å². The van der Waals surface area contributed by atoms with Crippen molar-refractivity contribution >= 4 is 11.9 Å². The number of carboxylic acid groups (broad SMARTS) is 1. The number of carbonyl (C=O) groups excluding carboxylic acids is 1. The van der Waals surface area contributed by atoms with E-state index in [0.717, 1.165) is 6.07 Å². The number of hydrogen-bond donors (Lipinski definition) is 2. The second-order valence-corrected chi connectivity index (χ2v) is 3.17. The number of esters is 1. The minimum Gasteiger partial charge on any atom is -0.476 e. The van der Waals surface area contributed by atoms with Gasteiger partial charge in [-0.25, -0.2) is 9.59 Å². The van der Waals surface area contributed by atoms with E-state index in [2.05, 4.69) is 10.2 Å². The number of nitrogens with one attached hydrogen (secondary N) is 1. The summed E-state index contributed by atoms with van der Waals surface area (Å²) >= 11 is 0. The Bertz CT molecular complexity index is 548. The summed E-state index contributed by atoms with van der Waals surface area (Å²) in [7, 11) is 0. The summed E-state index contributed by atoms with van der Waals surface area (Å²) in [6.45, 7) is 0. The van der Waals surface area contributed by atoms with E-state index in [-0.39, 0.29) is 11.4 Å². The average molecular weight is 232 g/mol. The van der Waals surface area contributed by atoms with Gasteiger partial charge in [-0.3, -0.25) is 5.10 Å². The first kappa shape index (κ1) is 10.9. The summed E-state index contributed by atoms with van der Waals surface area (Å²) in [6.07, 6.45) is 0. The summed E-state index contributed by atoms with van der Waals surface area (Å²) in [5.74, 6) is -1.51. The predicted octanol–water partition coefficient (Wildman–Crippen LogP) is 1.33. The number of ether oxygens (including phenoxy) is 1. The first-order chi connectivity index (χ1) is 8.16. The fourth-order valence-corrected chi connectivity index (χ4v) is 1.19. The number of benzene rings is 1. The molecule has 0 atom stereocenters. The molecule has 86 valence electrons. The minimum atomic E-state index is -1.21. The highest BCUT2D eigenvalue weighted by Crippen LogP contribution is 2.11. The zero-order valence-corrected chi connectivity index (χ0v) is 8.58. The van der Waals surface area contributed by atoms with Gasteiger partial charge in [0.2, 0.25) is 0 Å². The fraction of sp³-hybridized carbons (Fsp3) is 0. The number of carboxylic acids is 1. The molecule has 0 aliphatic heterocycles. The van der Waals surface area contributed by atoms with Gasteiger partial charge in [-0.1, -0.05) is 18.2 Å². The topological polar surface area (TPSA) is 92.3 Å². The van der Waals surface area contributed by atoms with E-state index in [0.29, 0.717) is 5.75 Å². The van der Waals surface area contributed by atoms with E-state index >= 15 is 0 Å². The molecule has 2 N–H and O–H groups in total. The smallest absolute Gasteiger partial charge is 0.361 e. The Hall–Kier alpha value is -2.63. The van der Waals surface area contributed by atoms with Gasteiger partial charge in [0.25, 0.3) is 0 Å². The molecule has 0 radical (unpaired) electrons. The number of para-hydroxylation sites is 1. The number of hydrogen-bond acceptors (Lipinski definition) is 4. The highest BCUT2D eigenvalue weighted by atomic mass is 16.5. The van der Waals surface area contributed by atoms with Crippen molar-refractivity contribution in [3.05, 3.63) is 47.8 Å². The maximum atomic E-state index is 11.6. The third-order valence-corrected chi connectivity index (χ3v) is 1.97. The number of nitrogens with zero attached hydrogens (tertiary/aromatic N) is 1. The van der Waals surface area contributed by atoms with Gasteiger partial charge in [0.15, 0.2) is 5.69 Å². The normalized spacial score (nSPS) is 9.88. The summed E-state index contributed by atoms with van der Waals surface area (Å²) < 4.78 is 4.99. The van der Waals surface area contributed by atoms with E-state index in [9.17, 15) is 9.59 Å². The molecule has 0 fully saturated rings. The lowest BCUT2D eigenvalue weighted by molar-refractivity contribution is 0.0689. The summed E-state index contributed by atoms with van der Waals surface area (Å²) in [5, 5.41) is 14.4. The van der Waals surface area contributed by atoms with Crippen molar-refractivity contribution in [2.45, 2.75) is 0 Å². The number of aromatic carboxylic acids is 1. The van der Waals surface area contributed by atoms with Crippen molar-refractivity contribution in [3.63, 3.8) is 0 Å². The molecule has 0 unspecified atom stereocenters. The molecule has 6 nitrogen and oxygen atoms in total. The average Bonchev–Trinajstić information content (AvgIpc) is 2.79. The van der Waals surface area contributed by atoms with Crippen LogP contribution in [0.25, 0.3) is 0 Å². The summed E-state index contributed by atoms with van der Waals surface area (Å²) in [4.78, 5) is 22.1. The van der Waals surface area contributed by atoms with Crippen LogP contribution in [0.5, 0.6) is 5.75 Å². The molecular formula is C11H8N2O4. The van der Waals surface area contributed by atoms with Crippen LogP contribution >= 0.6 is 0 Å². The van der Waals surface area contributed by atoms with Crippen LogP contribution in [-0.2, 0) is 0 Å². The first-order valence-electron chi connectivity index (χ1n) is 4.73. The van der Waals surface area contributed by atoms with Gasteiger partial charge in [0, 0.05) is 6.07 Å². The highest BCUT2D eigenvalue weighted by Gasteiger charge is 2.15. The van der Waals surface area contributed by atoms with Crippen molar-refractivity contribution in [2.75, 3.05) is 0 Å². The number of rotatable bonds is 3. The Kier molecular flexibility index (Phi) is 2.87. The molecule has 1 heterocycles. The molecule has 6 heteroatoms. The van der Waals surface area contributed by atoms with Gasteiger partial charge < -0.3 is 9.84 Å². The first-order valence-corrected chi connectivity index (χ1v) is 4.73. The van der Waals surface area contributed by atoms with Crippen LogP contribution in [0.4, 0.5) is 0 Å². The Morgan fingerprint density at radius 2 is 1.94 bits per heavy atom.